The molecule has 0 spiro atoms. The number of anilines is 1. The molecule has 1 aromatic rings. The van der Waals surface area contributed by atoms with Crippen molar-refractivity contribution in [2.24, 2.45) is 0 Å². The lowest BCUT2D eigenvalue weighted by Gasteiger charge is -2.43. The first-order valence-electron chi connectivity index (χ1n) is 9.39. The van der Waals surface area contributed by atoms with E-state index < -0.39 is 54.6 Å². The van der Waals surface area contributed by atoms with Crippen molar-refractivity contribution >= 4 is 29.6 Å². The van der Waals surface area contributed by atoms with Crippen LogP contribution in [0.5, 0.6) is 5.75 Å². The molecule has 0 saturated carbocycles. The first-order valence-corrected chi connectivity index (χ1v) is 9.39. The van der Waals surface area contributed by atoms with Crippen LogP contribution < -0.4 is 10.5 Å². The third-order valence-corrected chi connectivity index (χ3v) is 4.08. The first-order chi connectivity index (χ1) is 14.6. The van der Waals surface area contributed by atoms with Gasteiger partial charge in [-0.2, -0.15) is 0 Å². The summed E-state index contributed by atoms with van der Waals surface area (Å²) in [7, 11) is 0. The van der Waals surface area contributed by atoms with Crippen molar-refractivity contribution in [2.45, 2.75) is 58.4 Å². The van der Waals surface area contributed by atoms with Crippen LogP contribution in [0.2, 0.25) is 0 Å². The topological polar surface area (TPSA) is 150 Å². The molecular weight excluding hydrogens is 414 g/mol. The van der Waals surface area contributed by atoms with Gasteiger partial charge in [-0.05, 0) is 24.3 Å². The van der Waals surface area contributed by atoms with E-state index in [9.17, 15) is 19.2 Å². The molecule has 1 aliphatic rings. The molecule has 170 valence electrons. The third kappa shape index (κ3) is 7.14. The van der Waals surface area contributed by atoms with Gasteiger partial charge in [-0.25, -0.2) is 0 Å². The molecule has 2 unspecified atom stereocenters. The van der Waals surface area contributed by atoms with E-state index in [1.54, 1.807) is 24.3 Å². The van der Waals surface area contributed by atoms with Crippen molar-refractivity contribution in [3.8, 4) is 5.75 Å². The second-order valence-corrected chi connectivity index (χ2v) is 6.75. The number of esters is 4. The quantitative estimate of drug-likeness (QED) is 0.364. The molecule has 31 heavy (non-hydrogen) atoms. The van der Waals surface area contributed by atoms with E-state index in [-0.39, 0.29) is 6.61 Å². The molecule has 0 aliphatic carbocycles. The number of ether oxygens (including phenoxy) is 6. The second kappa shape index (κ2) is 10.6. The number of hydrogen-bond acceptors (Lipinski definition) is 11. The van der Waals surface area contributed by atoms with Crippen LogP contribution in [0.15, 0.2) is 24.3 Å². The predicted molar refractivity (Wildman–Crippen MR) is 103 cm³/mol. The van der Waals surface area contributed by atoms with Gasteiger partial charge >= 0.3 is 23.9 Å². The summed E-state index contributed by atoms with van der Waals surface area (Å²) >= 11 is 0. The smallest absolute Gasteiger partial charge is 0.303 e. The molecule has 0 aromatic heterocycles. The largest absolute Gasteiger partial charge is 0.463 e. The van der Waals surface area contributed by atoms with Gasteiger partial charge in [-0.1, -0.05) is 0 Å². The molecular formula is C20H25NO10. The van der Waals surface area contributed by atoms with Crippen LogP contribution in [-0.4, -0.2) is 61.2 Å². The highest BCUT2D eigenvalue weighted by molar-refractivity contribution is 5.68. The van der Waals surface area contributed by atoms with Gasteiger partial charge in [-0.3, -0.25) is 19.2 Å². The van der Waals surface area contributed by atoms with Crippen molar-refractivity contribution in [1.29, 1.82) is 0 Å². The van der Waals surface area contributed by atoms with E-state index in [1.807, 2.05) is 0 Å². The zero-order valence-corrected chi connectivity index (χ0v) is 17.6. The maximum atomic E-state index is 11.8. The molecule has 1 heterocycles. The SMILES string of the molecule is CC(=O)OCC1O[C@@H](Oc2ccc(N)cc2)[C@@H](OC(C)=O)C(OC(C)=O)[C@@H]1OC(C)=O. The minimum absolute atomic E-state index is 0.315. The molecule has 11 heteroatoms. The van der Waals surface area contributed by atoms with E-state index in [0.717, 1.165) is 20.8 Å². The van der Waals surface area contributed by atoms with E-state index in [2.05, 4.69) is 0 Å². The lowest BCUT2D eigenvalue weighted by atomic mass is 9.98. The van der Waals surface area contributed by atoms with Gasteiger partial charge in [0.05, 0.1) is 0 Å². The molecule has 1 saturated heterocycles. The molecule has 0 amide bonds. The van der Waals surface area contributed by atoms with E-state index in [0.29, 0.717) is 11.4 Å². The highest BCUT2D eigenvalue weighted by Gasteiger charge is 2.53. The summed E-state index contributed by atoms with van der Waals surface area (Å²) in [6.45, 7) is 4.29. The maximum absolute atomic E-state index is 11.8. The molecule has 1 fully saturated rings. The summed E-state index contributed by atoms with van der Waals surface area (Å²) < 4.78 is 32.6. The third-order valence-electron chi connectivity index (χ3n) is 4.08. The minimum Gasteiger partial charge on any atom is -0.463 e. The monoisotopic (exact) mass is 439 g/mol. The summed E-state index contributed by atoms with van der Waals surface area (Å²) in [6, 6.07) is 6.29. The van der Waals surface area contributed by atoms with E-state index in [4.69, 9.17) is 34.2 Å². The molecule has 1 aliphatic heterocycles. The van der Waals surface area contributed by atoms with Gasteiger partial charge in [-0.15, -0.1) is 0 Å². The average Bonchev–Trinajstić information content (AvgIpc) is 2.65. The molecule has 2 N–H and O–H groups in total. The molecule has 11 nitrogen and oxygen atoms in total. The van der Waals surface area contributed by atoms with Gasteiger partial charge in [0.1, 0.15) is 18.5 Å². The summed E-state index contributed by atoms with van der Waals surface area (Å²) in [5.41, 5.74) is 6.17. The van der Waals surface area contributed by atoms with E-state index in [1.165, 1.54) is 6.92 Å². The first kappa shape index (κ1) is 23.9. The zero-order chi connectivity index (χ0) is 23.1. The Hall–Kier alpha value is -3.34. The lowest BCUT2D eigenvalue weighted by Crippen LogP contribution is -2.63. The fourth-order valence-electron chi connectivity index (χ4n) is 2.96. The van der Waals surface area contributed by atoms with Gasteiger partial charge in [0.25, 0.3) is 0 Å². The van der Waals surface area contributed by atoms with Crippen LogP contribution in [0.4, 0.5) is 5.69 Å². The van der Waals surface area contributed by atoms with Crippen LogP contribution >= 0.6 is 0 Å². The normalized spacial score (nSPS) is 25.1. The minimum atomic E-state index is -1.29. The van der Waals surface area contributed by atoms with Crippen LogP contribution in [0.25, 0.3) is 0 Å². The molecule has 2 rings (SSSR count). The Morgan fingerprint density at radius 3 is 1.84 bits per heavy atom. The van der Waals surface area contributed by atoms with Crippen molar-refractivity contribution in [3.63, 3.8) is 0 Å². The number of carbonyl (C=O) groups excluding carboxylic acids is 4. The van der Waals surface area contributed by atoms with Crippen molar-refractivity contribution in [1.82, 2.24) is 0 Å². The van der Waals surface area contributed by atoms with Crippen LogP contribution in [-0.2, 0) is 42.9 Å². The lowest BCUT2D eigenvalue weighted by molar-refractivity contribution is -0.288. The summed E-state index contributed by atoms with van der Waals surface area (Å²) in [5, 5.41) is 0. The number of carbonyl (C=O) groups is 4. The van der Waals surface area contributed by atoms with Crippen LogP contribution in [0.1, 0.15) is 27.7 Å². The number of benzene rings is 1. The Balaban J connectivity index is 2.43. The summed E-state index contributed by atoms with van der Waals surface area (Å²) in [5.74, 6) is -2.43. The number of nitrogens with two attached hydrogens (primary N) is 1. The fraction of sp³-hybridized carbons (Fsp3) is 0.500. The Kier molecular flexibility index (Phi) is 8.20. The highest BCUT2D eigenvalue weighted by atomic mass is 16.7. The Morgan fingerprint density at radius 1 is 0.806 bits per heavy atom. The van der Waals surface area contributed by atoms with Gasteiger partial charge in [0.15, 0.2) is 12.2 Å². The number of rotatable bonds is 7. The van der Waals surface area contributed by atoms with Gasteiger partial charge < -0.3 is 34.2 Å². The van der Waals surface area contributed by atoms with Gasteiger partial charge in [0, 0.05) is 33.4 Å². The van der Waals surface area contributed by atoms with Crippen molar-refractivity contribution in [3.05, 3.63) is 24.3 Å². The number of hydrogen-bond donors (Lipinski definition) is 1. The average molecular weight is 439 g/mol. The molecule has 0 radical (unpaired) electrons. The Morgan fingerprint density at radius 2 is 1.32 bits per heavy atom. The van der Waals surface area contributed by atoms with E-state index >= 15 is 0 Å². The van der Waals surface area contributed by atoms with Crippen molar-refractivity contribution in [2.75, 3.05) is 12.3 Å². The van der Waals surface area contributed by atoms with Crippen LogP contribution in [0, 0.1) is 0 Å². The Labute approximate surface area is 178 Å². The molecule has 5 atom stereocenters. The second-order valence-electron chi connectivity index (χ2n) is 6.75. The Bertz CT molecular complexity index is 809. The summed E-state index contributed by atoms with van der Waals surface area (Å²) in [4.78, 5) is 46.5. The highest BCUT2D eigenvalue weighted by Crippen LogP contribution is 2.31. The summed E-state index contributed by atoms with van der Waals surface area (Å²) in [6.07, 6.45) is -6.20. The maximum Gasteiger partial charge on any atom is 0.303 e. The standard InChI is InChI=1S/C20H25NO10/c1-10(22)26-9-16-17(27-11(2)23)18(28-12(3)24)19(29-13(4)25)20(31-16)30-15-7-5-14(21)6-8-15/h5-8,16-20H,9,21H2,1-4H3/t16?,17-,18?,19+,20-/m1/s1. The molecule has 1 aromatic carbocycles. The van der Waals surface area contributed by atoms with Gasteiger partial charge in [0.2, 0.25) is 12.4 Å². The fourth-order valence-corrected chi connectivity index (χ4v) is 2.96. The molecule has 0 bridgehead atoms. The van der Waals surface area contributed by atoms with Crippen molar-refractivity contribution < 1.29 is 47.6 Å². The van der Waals surface area contributed by atoms with Crippen LogP contribution in [0.3, 0.4) is 0 Å². The predicted octanol–water partition coefficient (Wildman–Crippen LogP) is 0.731. The number of nitrogen functional groups attached to an aromatic ring is 1. The zero-order valence-electron chi connectivity index (χ0n) is 17.6.